The van der Waals surface area contributed by atoms with Gasteiger partial charge in [-0.2, -0.15) is 0 Å². The van der Waals surface area contributed by atoms with Crippen LogP contribution in [0.15, 0.2) is 42.7 Å². The van der Waals surface area contributed by atoms with E-state index >= 15 is 0 Å². The predicted octanol–water partition coefficient (Wildman–Crippen LogP) is 3.60. The minimum absolute atomic E-state index is 0.532. The van der Waals surface area contributed by atoms with Gasteiger partial charge in [-0.05, 0) is 29.2 Å². The van der Waals surface area contributed by atoms with E-state index in [-0.39, 0.29) is 0 Å². The largest absolute Gasteiger partial charge is 0.350 e. The summed E-state index contributed by atoms with van der Waals surface area (Å²) in [6.45, 7) is 8.43. The Balaban J connectivity index is 1.95. The van der Waals surface area contributed by atoms with E-state index in [4.69, 9.17) is 0 Å². The van der Waals surface area contributed by atoms with Gasteiger partial charge in [-0.3, -0.25) is 0 Å². The maximum atomic E-state index is 3.44. The predicted molar refractivity (Wildman–Crippen MR) is 81.3 cm³/mol. The molecule has 0 atom stereocenters. The van der Waals surface area contributed by atoms with Crippen LogP contribution in [-0.2, 0) is 19.5 Å². The molecule has 0 bridgehead atoms. The van der Waals surface area contributed by atoms with E-state index in [1.54, 1.807) is 0 Å². The van der Waals surface area contributed by atoms with Gasteiger partial charge in [-0.25, -0.2) is 0 Å². The topological polar surface area (TPSA) is 17.0 Å². The van der Waals surface area contributed by atoms with Crippen molar-refractivity contribution in [2.75, 3.05) is 0 Å². The number of hydrogen-bond donors (Lipinski definition) is 1. The fraction of sp³-hybridized carbons (Fsp3) is 0.412. The number of aromatic nitrogens is 1. The molecule has 0 spiro atoms. The molecule has 0 aliphatic carbocycles. The van der Waals surface area contributed by atoms with Crippen molar-refractivity contribution in [1.82, 2.24) is 9.88 Å². The lowest BCUT2D eigenvalue weighted by atomic mass is 10.1. The second-order valence-corrected chi connectivity index (χ2v) is 5.40. The van der Waals surface area contributed by atoms with Crippen molar-refractivity contribution in [3.8, 4) is 0 Å². The van der Waals surface area contributed by atoms with Crippen molar-refractivity contribution in [3.63, 3.8) is 0 Å². The summed E-state index contributed by atoms with van der Waals surface area (Å²) in [5, 5.41) is 3.44. The molecular formula is C17H24N2. The Morgan fingerprint density at radius 3 is 2.32 bits per heavy atom. The van der Waals surface area contributed by atoms with Gasteiger partial charge in [0.25, 0.3) is 0 Å². The van der Waals surface area contributed by atoms with Gasteiger partial charge in [-0.15, -0.1) is 0 Å². The van der Waals surface area contributed by atoms with Crippen LogP contribution in [-0.4, -0.2) is 10.6 Å². The SMILES string of the molecule is CCc1ccc(Cn2ccc(CNC(C)C)c2)cc1. The van der Waals surface area contributed by atoms with Gasteiger partial charge in [0.15, 0.2) is 0 Å². The normalized spacial score (nSPS) is 11.2. The molecule has 1 heterocycles. The first-order valence-electron chi connectivity index (χ1n) is 7.13. The highest BCUT2D eigenvalue weighted by Gasteiger charge is 2.00. The highest BCUT2D eigenvalue weighted by molar-refractivity contribution is 5.23. The van der Waals surface area contributed by atoms with E-state index in [0.29, 0.717) is 6.04 Å². The second-order valence-electron chi connectivity index (χ2n) is 5.40. The van der Waals surface area contributed by atoms with E-state index in [9.17, 15) is 0 Å². The summed E-state index contributed by atoms with van der Waals surface area (Å²) in [6, 6.07) is 11.6. The lowest BCUT2D eigenvalue weighted by molar-refractivity contribution is 0.588. The Hall–Kier alpha value is -1.54. The van der Waals surface area contributed by atoms with Crippen LogP contribution < -0.4 is 5.32 Å². The lowest BCUT2D eigenvalue weighted by Gasteiger charge is -2.06. The molecule has 2 rings (SSSR count). The van der Waals surface area contributed by atoms with Gasteiger partial charge in [0.05, 0.1) is 0 Å². The molecule has 0 saturated heterocycles. The molecule has 2 heteroatoms. The van der Waals surface area contributed by atoms with Crippen molar-refractivity contribution in [3.05, 3.63) is 59.4 Å². The molecule has 1 aromatic heterocycles. The molecule has 2 nitrogen and oxygen atoms in total. The summed E-state index contributed by atoms with van der Waals surface area (Å²) >= 11 is 0. The fourth-order valence-corrected chi connectivity index (χ4v) is 2.11. The van der Waals surface area contributed by atoms with Gasteiger partial charge in [0, 0.05) is 31.5 Å². The molecule has 19 heavy (non-hydrogen) atoms. The van der Waals surface area contributed by atoms with Crippen molar-refractivity contribution in [1.29, 1.82) is 0 Å². The summed E-state index contributed by atoms with van der Waals surface area (Å²) in [5.41, 5.74) is 4.10. The third-order valence-corrected chi connectivity index (χ3v) is 3.32. The first-order chi connectivity index (χ1) is 9.17. The Bertz CT molecular complexity index is 494. The van der Waals surface area contributed by atoms with Crippen molar-refractivity contribution < 1.29 is 0 Å². The van der Waals surface area contributed by atoms with Crippen LogP contribution in [0.2, 0.25) is 0 Å². The molecule has 2 aromatic rings. The van der Waals surface area contributed by atoms with Crippen LogP contribution >= 0.6 is 0 Å². The monoisotopic (exact) mass is 256 g/mol. The molecule has 0 saturated carbocycles. The minimum Gasteiger partial charge on any atom is -0.350 e. The summed E-state index contributed by atoms with van der Waals surface area (Å²) in [5.74, 6) is 0. The summed E-state index contributed by atoms with van der Waals surface area (Å²) in [6.07, 6.45) is 5.49. The van der Waals surface area contributed by atoms with Crippen LogP contribution in [0.4, 0.5) is 0 Å². The van der Waals surface area contributed by atoms with Gasteiger partial charge in [0.2, 0.25) is 0 Å². The molecule has 1 aromatic carbocycles. The second kappa shape index (κ2) is 6.58. The van der Waals surface area contributed by atoms with E-state index in [1.807, 2.05) is 0 Å². The van der Waals surface area contributed by atoms with Crippen LogP contribution in [0, 0.1) is 0 Å². The van der Waals surface area contributed by atoms with E-state index in [0.717, 1.165) is 19.5 Å². The van der Waals surface area contributed by atoms with Gasteiger partial charge < -0.3 is 9.88 Å². The summed E-state index contributed by atoms with van der Waals surface area (Å²) < 4.78 is 2.25. The first-order valence-corrected chi connectivity index (χ1v) is 7.13. The number of nitrogens with one attached hydrogen (secondary N) is 1. The fourth-order valence-electron chi connectivity index (χ4n) is 2.11. The van der Waals surface area contributed by atoms with E-state index in [1.165, 1.54) is 16.7 Å². The highest BCUT2D eigenvalue weighted by atomic mass is 14.9. The van der Waals surface area contributed by atoms with Crippen LogP contribution in [0.25, 0.3) is 0 Å². The minimum atomic E-state index is 0.532. The van der Waals surface area contributed by atoms with Crippen molar-refractivity contribution >= 4 is 0 Å². The van der Waals surface area contributed by atoms with Crippen LogP contribution in [0.5, 0.6) is 0 Å². The number of aryl methyl sites for hydroxylation is 1. The zero-order valence-corrected chi connectivity index (χ0v) is 12.2. The highest BCUT2D eigenvalue weighted by Crippen LogP contribution is 2.09. The maximum Gasteiger partial charge on any atom is 0.0470 e. The van der Waals surface area contributed by atoms with E-state index < -0.39 is 0 Å². The third-order valence-electron chi connectivity index (χ3n) is 3.32. The summed E-state index contributed by atoms with van der Waals surface area (Å²) in [7, 11) is 0. The summed E-state index contributed by atoms with van der Waals surface area (Å²) in [4.78, 5) is 0. The zero-order chi connectivity index (χ0) is 13.7. The van der Waals surface area contributed by atoms with E-state index in [2.05, 4.69) is 73.4 Å². The van der Waals surface area contributed by atoms with Crippen LogP contribution in [0.1, 0.15) is 37.5 Å². The molecule has 0 fully saturated rings. The average Bonchev–Trinajstić information content (AvgIpc) is 2.85. The standard InChI is InChI=1S/C17H24N2/c1-4-15-5-7-16(8-6-15)12-19-10-9-17(13-19)11-18-14(2)3/h5-10,13-14,18H,4,11-12H2,1-3H3. The molecule has 0 radical (unpaired) electrons. The zero-order valence-electron chi connectivity index (χ0n) is 12.2. The average molecular weight is 256 g/mol. The van der Waals surface area contributed by atoms with Crippen molar-refractivity contribution in [2.45, 2.75) is 46.3 Å². The molecular weight excluding hydrogens is 232 g/mol. The Morgan fingerprint density at radius 1 is 1.00 bits per heavy atom. The van der Waals surface area contributed by atoms with Gasteiger partial charge in [0.1, 0.15) is 0 Å². The molecule has 0 aliphatic rings. The first kappa shape index (κ1) is 13.9. The number of benzene rings is 1. The molecule has 102 valence electrons. The van der Waals surface area contributed by atoms with Crippen molar-refractivity contribution in [2.24, 2.45) is 0 Å². The van der Waals surface area contributed by atoms with Gasteiger partial charge >= 0.3 is 0 Å². The Labute approximate surface area is 116 Å². The number of hydrogen-bond acceptors (Lipinski definition) is 1. The molecule has 1 N–H and O–H groups in total. The Kier molecular flexibility index (Phi) is 4.80. The van der Waals surface area contributed by atoms with Gasteiger partial charge in [-0.1, -0.05) is 45.0 Å². The number of rotatable bonds is 6. The number of nitrogens with zero attached hydrogens (tertiary/aromatic N) is 1. The Morgan fingerprint density at radius 2 is 1.68 bits per heavy atom. The molecule has 0 unspecified atom stereocenters. The lowest BCUT2D eigenvalue weighted by Crippen LogP contribution is -2.21. The molecule has 0 aliphatic heterocycles. The smallest absolute Gasteiger partial charge is 0.0470 e. The quantitative estimate of drug-likeness (QED) is 0.835. The van der Waals surface area contributed by atoms with Crippen LogP contribution in [0.3, 0.4) is 0 Å². The maximum absolute atomic E-state index is 3.44. The third kappa shape index (κ3) is 4.25. The molecule has 0 amide bonds.